The quantitative estimate of drug-likeness (QED) is 0.366. The van der Waals surface area contributed by atoms with Gasteiger partial charge in [-0.25, -0.2) is 4.98 Å². The van der Waals surface area contributed by atoms with E-state index in [-0.39, 0.29) is 29.9 Å². The number of halogens is 3. The van der Waals surface area contributed by atoms with Crippen LogP contribution in [0.15, 0.2) is 42.5 Å². The number of aryl methyl sites for hydroxylation is 1. The summed E-state index contributed by atoms with van der Waals surface area (Å²) in [6.07, 6.45) is -3.31. The lowest BCUT2D eigenvalue weighted by Gasteiger charge is -2.14. The number of alkyl halides is 3. The molecule has 0 radical (unpaired) electrons. The van der Waals surface area contributed by atoms with Crippen LogP contribution in [0.5, 0.6) is 0 Å². The molecule has 11 heteroatoms. The first kappa shape index (κ1) is 26.2. The SMILES string of the molecule is CC(=O)OCCCn1c(NC(=O)c2cccc(C(F)(F)F)c2)nc2cc(C3CCN(C(C)=O)C3)ccc21. The number of amides is 2. The fraction of sp³-hybridized carbons (Fsp3) is 0.385. The monoisotopic (exact) mass is 516 g/mol. The number of anilines is 1. The molecule has 1 saturated heterocycles. The summed E-state index contributed by atoms with van der Waals surface area (Å²) < 4.78 is 46.1. The Morgan fingerprint density at radius 1 is 1.14 bits per heavy atom. The fourth-order valence-electron chi connectivity index (χ4n) is 4.49. The Kier molecular flexibility index (Phi) is 7.51. The number of esters is 1. The number of carbonyl (C=O) groups excluding carboxylic acids is 3. The molecule has 196 valence electrons. The van der Waals surface area contributed by atoms with Gasteiger partial charge in [0.15, 0.2) is 0 Å². The van der Waals surface area contributed by atoms with Gasteiger partial charge >= 0.3 is 12.1 Å². The van der Waals surface area contributed by atoms with Gasteiger partial charge in [0, 0.05) is 45.0 Å². The van der Waals surface area contributed by atoms with Gasteiger partial charge in [0.25, 0.3) is 5.91 Å². The number of nitrogens with one attached hydrogen (secondary N) is 1. The van der Waals surface area contributed by atoms with Crippen LogP contribution in [0.2, 0.25) is 0 Å². The van der Waals surface area contributed by atoms with Crippen LogP contribution < -0.4 is 5.32 Å². The van der Waals surface area contributed by atoms with Gasteiger partial charge in [-0.1, -0.05) is 12.1 Å². The van der Waals surface area contributed by atoms with Crippen molar-refractivity contribution in [2.75, 3.05) is 25.0 Å². The molecule has 4 rings (SSSR count). The number of likely N-dealkylation sites (tertiary alicyclic amines) is 1. The minimum absolute atomic E-state index is 0.0280. The Bertz CT molecular complexity index is 1340. The number of imidazole rings is 1. The molecule has 1 aliphatic rings. The predicted octanol–water partition coefficient (Wildman–Crippen LogP) is 4.60. The number of ether oxygens (including phenoxy) is 1. The molecule has 1 fully saturated rings. The van der Waals surface area contributed by atoms with E-state index in [9.17, 15) is 27.6 Å². The van der Waals surface area contributed by atoms with Crippen molar-refractivity contribution in [3.05, 3.63) is 59.2 Å². The van der Waals surface area contributed by atoms with E-state index in [1.54, 1.807) is 16.4 Å². The average Bonchev–Trinajstić information content (AvgIpc) is 3.46. The van der Waals surface area contributed by atoms with Crippen LogP contribution in [-0.4, -0.2) is 51.9 Å². The van der Waals surface area contributed by atoms with E-state index >= 15 is 0 Å². The second-order valence-corrected chi connectivity index (χ2v) is 9.01. The number of carbonyl (C=O) groups is 3. The van der Waals surface area contributed by atoms with Crippen molar-refractivity contribution in [2.24, 2.45) is 0 Å². The molecule has 37 heavy (non-hydrogen) atoms. The van der Waals surface area contributed by atoms with Gasteiger partial charge in [-0.05, 0) is 48.7 Å². The van der Waals surface area contributed by atoms with Gasteiger partial charge in [-0.3, -0.25) is 19.7 Å². The Balaban J connectivity index is 1.62. The first-order valence-corrected chi connectivity index (χ1v) is 11.9. The molecule has 8 nitrogen and oxygen atoms in total. The summed E-state index contributed by atoms with van der Waals surface area (Å²) in [5, 5.41) is 2.64. The molecule has 0 aliphatic carbocycles. The third kappa shape index (κ3) is 6.10. The largest absolute Gasteiger partial charge is 0.466 e. The Labute approximate surface area is 211 Å². The van der Waals surface area contributed by atoms with Gasteiger partial charge in [0.1, 0.15) is 0 Å². The summed E-state index contributed by atoms with van der Waals surface area (Å²) in [4.78, 5) is 42.1. The number of rotatable bonds is 7. The number of fused-ring (bicyclic) bond motifs is 1. The highest BCUT2D eigenvalue weighted by Crippen LogP contribution is 2.32. The van der Waals surface area contributed by atoms with Crippen molar-refractivity contribution >= 4 is 34.8 Å². The Hall–Kier alpha value is -3.89. The molecule has 1 aliphatic heterocycles. The van der Waals surface area contributed by atoms with Gasteiger partial charge in [0.2, 0.25) is 11.9 Å². The molecular formula is C26H27F3N4O4. The van der Waals surface area contributed by atoms with Crippen molar-refractivity contribution in [2.45, 2.75) is 45.3 Å². The molecule has 1 atom stereocenters. The van der Waals surface area contributed by atoms with E-state index < -0.39 is 23.6 Å². The van der Waals surface area contributed by atoms with Crippen LogP contribution in [0.25, 0.3) is 11.0 Å². The maximum absolute atomic E-state index is 13.1. The highest BCUT2D eigenvalue weighted by Gasteiger charge is 2.31. The van der Waals surface area contributed by atoms with E-state index in [1.165, 1.54) is 19.1 Å². The zero-order valence-corrected chi connectivity index (χ0v) is 20.5. The number of benzene rings is 2. The Morgan fingerprint density at radius 3 is 2.59 bits per heavy atom. The molecule has 0 spiro atoms. The summed E-state index contributed by atoms with van der Waals surface area (Å²) in [7, 11) is 0. The molecule has 0 bridgehead atoms. The molecule has 1 aromatic heterocycles. The van der Waals surface area contributed by atoms with Crippen LogP contribution >= 0.6 is 0 Å². The molecular weight excluding hydrogens is 489 g/mol. The smallest absolute Gasteiger partial charge is 0.416 e. The van der Waals surface area contributed by atoms with Gasteiger partial charge in [-0.15, -0.1) is 0 Å². The summed E-state index contributed by atoms with van der Waals surface area (Å²) in [6.45, 7) is 4.66. The van der Waals surface area contributed by atoms with Crippen molar-refractivity contribution in [1.29, 1.82) is 0 Å². The topological polar surface area (TPSA) is 93.5 Å². The van der Waals surface area contributed by atoms with Crippen molar-refractivity contribution < 1.29 is 32.3 Å². The number of nitrogens with zero attached hydrogens (tertiary/aromatic N) is 3. The lowest BCUT2D eigenvalue weighted by molar-refractivity contribution is -0.141. The van der Waals surface area contributed by atoms with Gasteiger partial charge in [-0.2, -0.15) is 13.2 Å². The summed E-state index contributed by atoms with van der Waals surface area (Å²) in [5.74, 6) is -0.773. The molecule has 2 heterocycles. The third-order valence-corrected chi connectivity index (χ3v) is 6.39. The molecule has 2 aromatic carbocycles. The van der Waals surface area contributed by atoms with Gasteiger partial charge < -0.3 is 14.2 Å². The number of aromatic nitrogens is 2. The van der Waals surface area contributed by atoms with Crippen LogP contribution in [0.4, 0.5) is 19.1 Å². The van der Waals surface area contributed by atoms with E-state index in [0.29, 0.717) is 37.1 Å². The molecule has 1 unspecified atom stereocenters. The minimum Gasteiger partial charge on any atom is -0.466 e. The van der Waals surface area contributed by atoms with Crippen LogP contribution in [0.1, 0.15) is 54.1 Å². The van der Waals surface area contributed by atoms with Crippen molar-refractivity contribution in [3.8, 4) is 0 Å². The molecule has 3 aromatic rings. The van der Waals surface area contributed by atoms with E-state index in [0.717, 1.165) is 24.1 Å². The van der Waals surface area contributed by atoms with E-state index in [1.807, 2.05) is 18.2 Å². The highest BCUT2D eigenvalue weighted by molar-refractivity contribution is 6.04. The number of hydrogen-bond donors (Lipinski definition) is 1. The molecule has 1 N–H and O–H groups in total. The zero-order valence-electron chi connectivity index (χ0n) is 20.5. The standard InChI is InChI=1S/C26H27F3N4O4/c1-16(34)32-11-9-20(15-32)18-7-8-23-22(14-18)30-25(33(23)10-4-12-37-17(2)35)31-24(36)19-5-3-6-21(13-19)26(27,28)29/h3,5-8,13-14,20H,4,9-12,15H2,1-2H3,(H,30,31,36). The minimum atomic E-state index is -4.57. The van der Waals surface area contributed by atoms with Crippen LogP contribution in [-0.2, 0) is 27.0 Å². The third-order valence-electron chi connectivity index (χ3n) is 6.39. The zero-order chi connectivity index (χ0) is 26.7. The Morgan fingerprint density at radius 2 is 1.92 bits per heavy atom. The van der Waals surface area contributed by atoms with E-state index in [2.05, 4.69) is 10.3 Å². The number of hydrogen-bond acceptors (Lipinski definition) is 5. The second kappa shape index (κ2) is 10.6. The first-order valence-electron chi connectivity index (χ1n) is 11.9. The van der Waals surface area contributed by atoms with Crippen LogP contribution in [0.3, 0.4) is 0 Å². The van der Waals surface area contributed by atoms with Crippen molar-refractivity contribution in [1.82, 2.24) is 14.5 Å². The molecule has 0 saturated carbocycles. The summed E-state index contributed by atoms with van der Waals surface area (Å²) in [6, 6.07) is 9.92. The maximum atomic E-state index is 13.1. The van der Waals surface area contributed by atoms with Crippen LogP contribution in [0, 0.1) is 0 Å². The molecule has 2 amide bonds. The second-order valence-electron chi connectivity index (χ2n) is 9.01. The van der Waals surface area contributed by atoms with E-state index in [4.69, 9.17) is 4.74 Å². The van der Waals surface area contributed by atoms with Crippen molar-refractivity contribution in [3.63, 3.8) is 0 Å². The fourth-order valence-corrected chi connectivity index (χ4v) is 4.49. The summed E-state index contributed by atoms with van der Waals surface area (Å²) in [5.41, 5.74) is 1.26. The lowest BCUT2D eigenvalue weighted by atomic mass is 9.98. The summed E-state index contributed by atoms with van der Waals surface area (Å²) >= 11 is 0. The predicted molar refractivity (Wildman–Crippen MR) is 130 cm³/mol. The maximum Gasteiger partial charge on any atom is 0.416 e. The normalized spacial score (nSPS) is 15.7. The van der Waals surface area contributed by atoms with Gasteiger partial charge in [0.05, 0.1) is 23.2 Å². The lowest BCUT2D eigenvalue weighted by Crippen LogP contribution is -2.25. The highest BCUT2D eigenvalue weighted by atomic mass is 19.4. The first-order chi connectivity index (χ1) is 17.5. The average molecular weight is 517 g/mol.